The minimum atomic E-state index is -0.549. The molecule has 0 bridgehead atoms. The van der Waals surface area contributed by atoms with Gasteiger partial charge in [0.25, 0.3) is 5.91 Å². The number of phenols is 2. The largest absolute Gasteiger partial charge is 0.508 e. The molecule has 1 amide bonds. The lowest BCUT2D eigenvalue weighted by Crippen LogP contribution is -2.20. The monoisotopic (exact) mass is 323 g/mol. The third kappa shape index (κ3) is 3.09. The maximum atomic E-state index is 12.3. The summed E-state index contributed by atoms with van der Waals surface area (Å²) in [7, 11) is 0. The zero-order valence-corrected chi connectivity index (χ0v) is 12.4. The second-order valence-electron chi connectivity index (χ2n) is 5.04. The Hall–Kier alpha value is -3.61. The van der Waals surface area contributed by atoms with Crippen molar-refractivity contribution in [3.63, 3.8) is 0 Å². The smallest absolute Gasteiger partial charge is 0.272 e. The molecule has 1 heterocycles. The van der Waals surface area contributed by atoms with E-state index in [0.717, 1.165) is 6.07 Å². The molecular formula is C17H13N3O4. The van der Waals surface area contributed by atoms with Gasteiger partial charge in [0.2, 0.25) is 5.56 Å². The molecule has 0 saturated heterocycles. The number of fused-ring (bicyclic) bond motifs is 1. The molecule has 0 spiro atoms. The van der Waals surface area contributed by atoms with Crippen molar-refractivity contribution in [2.45, 2.75) is 0 Å². The number of phenolic OH excluding ortho intramolecular Hbond substituents is 2. The molecule has 0 unspecified atom stereocenters. The average molecular weight is 323 g/mol. The van der Waals surface area contributed by atoms with Gasteiger partial charge in [-0.1, -0.05) is 18.2 Å². The van der Waals surface area contributed by atoms with E-state index in [9.17, 15) is 19.8 Å². The molecule has 120 valence electrons. The Bertz CT molecular complexity index is 1010. The molecule has 7 nitrogen and oxygen atoms in total. The van der Waals surface area contributed by atoms with Crippen molar-refractivity contribution in [2.75, 3.05) is 0 Å². The fourth-order valence-electron chi connectivity index (χ4n) is 2.25. The predicted molar refractivity (Wildman–Crippen MR) is 89.4 cm³/mol. The van der Waals surface area contributed by atoms with Crippen LogP contribution in [0.3, 0.4) is 0 Å². The number of pyridine rings is 1. The molecule has 0 radical (unpaired) electrons. The Morgan fingerprint density at radius 1 is 1.12 bits per heavy atom. The number of rotatable bonds is 3. The topological polar surface area (TPSA) is 115 Å². The molecule has 3 aromatic rings. The van der Waals surface area contributed by atoms with E-state index in [0.29, 0.717) is 16.5 Å². The third-order valence-electron chi connectivity index (χ3n) is 3.38. The summed E-state index contributed by atoms with van der Waals surface area (Å²) in [4.78, 5) is 26.6. The zero-order valence-electron chi connectivity index (χ0n) is 12.4. The maximum absolute atomic E-state index is 12.3. The van der Waals surface area contributed by atoms with Crippen LogP contribution in [-0.2, 0) is 0 Å². The zero-order chi connectivity index (χ0) is 17.1. The van der Waals surface area contributed by atoms with Gasteiger partial charge in [-0.3, -0.25) is 9.59 Å². The second-order valence-corrected chi connectivity index (χ2v) is 5.04. The number of aromatic amines is 1. The van der Waals surface area contributed by atoms with E-state index in [-0.39, 0.29) is 22.6 Å². The summed E-state index contributed by atoms with van der Waals surface area (Å²) in [6, 6.07) is 12.1. The van der Waals surface area contributed by atoms with Crippen LogP contribution in [0.1, 0.15) is 15.9 Å². The first kappa shape index (κ1) is 15.3. The molecule has 0 atom stereocenters. The highest BCUT2D eigenvalue weighted by molar-refractivity contribution is 6.06. The highest BCUT2D eigenvalue weighted by atomic mass is 16.3. The molecule has 3 rings (SSSR count). The molecule has 4 N–H and O–H groups in total. The van der Waals surface area contributed by atoms with Crippen molar-refractivity contribution in [2.24, 2.45) is 5.10 Å². The van der Waals surface area contributed by atoms with Crippen LogP contribution in [0.5, 0.6) is 11.5 Å². The maximum Gasteiger partial charge on any atom is 0.272 e. The minimum absolute atomic E-state index is 0.0799. The highest BCUT2D eigenvalue weighted by Gasteiger charge is 2.10. The molecule has 1 aromatic heterocycles. The Morgan fingerprint density at radius 2 is 1.92 bits per heavy atom. The number of nitrogens with one attached hydrogen (secondary N) is 2. The van der Waals surface area contributed by atoms with Crippen LogP contribution in [0.4, 0.5) is 0 Å². The predicted octanol–water partition coefficient (Wildman–Crippen LogP) is 1.70. The van der Waals surface area contributed by atoms with E-state index in [2.05, 4.69) is 15.5 Å². The summed E-state index contributed by atoms with van der Waals surface area (Å²) in [6.45, 7) is 0. The molecule has 24 heavy (non-hydrogen) atoms. The first-order chi connectivity index (χ1) is 11.5. The number of hydrazone groups is 1. The molecule has 0 aliphatic rings. The number of aromatic nitrogens is 1. The molecule has 0 aliphatic carbocycles. The van der Waals surface area contributed by atoms with Gasteiger partial charge in [0.05, 0.1) is 11.8 Å². The lowest BCUT2D eigenvalue weighted by atomic mass is 10.1. The summed E-state index contributed by atoms with van der Waals surface area (Å²) in [5.41, 5.74) is 2.99. The summed E-state index contributed by atoms with van der Waals surface area (Å²) < 4.78 is 0. The van der Waals surface area contributed by atoms with Crippen molar-refractivity contribution in [3.8, 4) is 11.5 Å². The number of carbonyl (C=O) groups excluding carboxylic acids is 1. The van der Waals surface area contributed by atoms with Gasteiger partial charge in [-0.05, 0) is 18.2 Å². The Morgan fingerprint density at radius 3 is 2.71 bits per heavy atom. The van der Waals surface area contributed by atoms with Gasteiger partial charge in [0, 0.05) is 28.6 Å². The van der Waals surface area contributed by atoms with E-state index < -0.39 is 5.91 Å². The third-order valence-corrected chi connectivity index (χ3v) is 3.38. The van der Waals surface area contributed by atoms with E-state index >= 15 is 0 Å². The summed E-state index contributed by atoms with van der Waals surface area (Å²) in [5, 5.41) is 23.2. The van der Waals surface area contributed by atoms with Crippen LogP contribution >= 0.6 is 0 Å². The van der Waals surface area contributed by atoms with Crippen molar-refractivity contribution in [3.05, 3.63) is 70.0 Å². The fourth-order valence-corrected chi connectivity index (χ4v) is 2.25. The standard InChI is InChI=1S/C17H13N3O4/c21-11-6-5-10(15(22)7-11)9-18-20-17(24)13-8-16(23)19-14-4-2-1-3-12(13)14/h1-9,21-22H,(H,19,23)(H,20,24). The number of hydrogen-bond donors (Lipinski definition) is 4. The van der Waals surface area contributed by atoms with Gasteiger partial charge in [-0.15, -0.1) is 0 Å². The number of amides is 1. The number of nitrogens with zero attached hydrogens (tertiary/aromatic N) is 1. The van der Waals surface area contributed by atoms with Crippen LogP contribution in [0.15, 0.2) is 58.4 Å². The lowest BCUT2D eigenvalue weighted by molar-refractivity contribution is 0.0956. The normalized spacial score (nSPS) is 11.0. The molecular weight excluding hydrogens is 310 g/mol. The fraction of sp³-hybridized carbons (Fsp3) is 0. The quantitative estimate of drug-likeness (QED) is 0.434. The summed E-state index contributed by atoms with van der Waals surface area (Å²) in [5.74, 6) is -0.801. The van der Waals surface area contributed by atoms with Gasteiger partial charge < -0.3 is 15.2 Å². The van der Waals surface area contributed by atoms with E-state index in [1.54, 1.807) is 24.3 Å². The number of para-hydroxylation sites is 1. The van der Waals surface area contributed by atoms with Crippen LogP contribution in [0, 0.1) is 0 Å². The number of H-pyrrole nitrogens is 1. The minimum Gasteiger partial charge on any atom is -0.508 e. The van der Waals surface area contributed by atoms with Crippen LogP contribution in [0.2, 0.25) is 0 Å². The van der Waals surface area contributed by atoms with Gasteiger partial charge in [-0.2, -0.15) is 5.10 Å². The summed E-state index contributed by atoms with van der Waals surface area (Å²) in [6.07, 6.45) is 1.24. The first-order valence-electron chi connectivity index (χ1n) is 7.02. The van der Waals surface area contributed by atoms with Crippen molar-refractivity contribution >= 4 is 23.0 Å². The molecule has 0 aliphatic heterocycles. The molecule has 7 heteroatoms. The van der Waals surface area contributed by atoms with Gasteiger partial charge in [-0.25, -0.2) is 5.43 Å². The number of hydrogen-bond acceptors (Lipinski definition) is 5. The average Bonchev–Trinajstić information content (AvgIpc) is 2.56. The number of aromatic hydroxyl groups is 2. The summed E-state index contributed by atoms with van der Waals surface area (Å²) >= 11 is 0. The van der Waals surface area contributed by atoms with Gasteiger partial charge >= 0.3 is 0 Å². The number of benzene rings is 2. The molecule has 0 saturated carbocycles. The van der Waals surface area contributed by atoms with Crippen LogP contribution in [0.25, 0.3) is 10.9 Å². The van der Waals surface area contributed by atoms with Crippen molar-refractivity contribution < 1.29 is 15.0 Å². The molecule has 2 aromatic carbocycles. The SMILES string of the molecule is O=C(NN=Cc1ccc(O)cc1O)c1cc(=O)[nH]c2ccccc12. The highest BCUT2D eigenvalue weighted by Crippen LogP contribution is 2.20. The Kier molecular flexibility index (Phi) is 3.98. The van der Waals surface area contributed by atoms with E-state index in [4.69, 9.17) is 0 Å². The number of carbonyl (C=O) groups is 1. The van der Waals surface area contributed by atoms with Gasteiger partial charge in [0.15, 0.2) is 0 Å². The van der Waals surface area contributed by atoms with E-state index in [1.165, 1.54) is 24.4 Å². The van der Waals surface area contributed by atoms with Crippen LogP contribution < -0.4 is 11.0 Å². The molecule has 0 fully saturated rings. The Balaban J connectivity index is 1.85. The first-order valence-corrected chi connectivity index (χ1v) is 7.02. The van der Waals surface area contributed by atoms with Crippen molar-refractivity contribution in [1.29, 1.82) is 0 Å². The Labute approximate surface area is 135 Å². The second kappa shape index (κ2) is 6.25. The van der Waals surface area contributed by atoms with Crippen molar-refractivity contribution in [1.82, 2.24) is 10.4 Å². The van der Waals surface area contributed by atoms with E-state index in [1.807, 2.05) is 0 Å². The van der Waals surface area contributed by atoms with Crippen LogP contribution in [-0.4, -0.2) is 27.3 Å². The lowest BCUT2D eigenvalue weighted by Gasteiger charge is -2.04. The van der Waals surface area contributed by atoms with Gasteiger partial charge in [0.1, 0.15) is 11.5 Å².